The van der Waals surface area contributed by atoms with E-state index in [1.807, 2.05) is 30.0 Å². The quantitative estimate of drug-likeness (QED) is 0.736. The van der Waals surface area contributed by atoms with Crippen molar-refractivity contribution in [3.63, 3.8) is 0 Å². The van der Waals surface area contributed by atoms with Crippen LogP contribution in [0.4, 0.5) is 5.95 Å². The summed E-state index contributed by atoms with van der Waals surface area (Å²) in [5.74, 6) is 2.84. The van der Waals surface area contributed by atoms with Crippen LogP contribution < -0.4 is 4.90 Å². The van der Waals surface area contributed by atoms with Gasteiger partial charge in [0.15, 0.2) is 5.82 Å². The fraction of sp³-hybridized carbons (Fsp3) is 0.353. The van der Waals surface area contributed by atoms with Crippen molar-refractivity contribution in [3.05, 3.63) is 54.8 Å². The second-order valence-corrected chi connectivity index (χ2v) is 5.98. The predicted molar refractivity (Wildman–Crippen MR) is 90.1 cm³/mol. The molecule has 1 saturated heterocycles. The third kappa shape index (κ3) is 2.84. The average Bonchev–Trinajstić information content (AvgIpc) is 3.09. The van der Waals surface area contributed by atoms with Gasteiger partial charge in [-0.15, -0.1) is 0 Å². The van der Waals surface area contributed by atoms with Gasteiger partial charge in [-0.05, 0) is 25.8 Å². The van der Waals surface area contributed by atoms with Gasteiger partial charge in [0.1, 0.15) is 5.82 Å². The van der Waals surface area contributed by atoms with Gasteiger partial charge in [0.05, 0.1) is 11.9 Å². The molecule has 1 fully saturated rings. The SMILES string of the molecule is Cc1nccn1-c1cncc([C@H]2CCCN(c3ncccn3)C2)n1. The minimum absolute atomic E-state index is 0.332. The second-order valence-electron chi connectivity index (χ2n) is 5.98. The maximum Gasteiger partial charge on any atom is 0.225 e. The monoisotopic (exact) mass is 321 g/mol. The fourth-order valence-electron chi connectivity index (χ4n) is 3.16. The molecule has 0 aromatic carbocycles. The van der Waals surface area contributed by atoms with E-state index in [0.29, 0.717) is 5.92 Å². The molecule has 0 bridgehead atoms. The van der Waals surface area contributed by atoms with E-state index in [2.05, 4.69) is 24.8 Å². The molecule has 1 atom stereocenters. The van der Waals surface area contributed by atoms with Crippen LogP contribution in [-0.4, -0.2) is 42.6 Å². The first-order valence-electron chi connectivity index (χ1n) is 8.15. The highest BCUT2D eigenvalue weighted by atomic mass is 15.3. The Morgan fingerprint density at radius 1 is 1.08 bits per heavy atom. The maximum atomic E-state index is 4.82. The number of hydrogen-bond donors (Lipinski definition) is 0. The minimum atomic E-state index is 0.332. The van der Waals surface area contributed by atoms with Gasteiger partial charge >= 0.3 is 0 Å². The summed E-state index contributed by atoms with van der Waals surface area (Å²) >= 11 is 0. The van der Waals surface area contributed by atoms with E-state index in [9.17, 15) is 0 Å². The van der Waals surface area contributed by atoms with Crippen molar-refractivity contribution in [1.82, 2.24) is 29.5 Å². The zero-order valence-corrected chi connectivity index (χ0v) is 13.6. The van der Waals surface area contributed by atoms with E-state index in [1.165, 1.54) is 0 Å². The van der Waals surface area contributed by atoms with Crippen molar-refractivity contribution in [1.29, 1.82) is 0 Å². The molecule has 0 aliphatic carbocycles. The first-order valence-corrected chi connectivity index (χ1v) is 8.15. The van der Waals surface area contributed by atoms with Crippen LogP contribution in [-0.2, 0) is 0 Å². The van der Waals surface area contributed by atoms with Crippen LogP contribution in [0.3, 0.4) is 0 Å². The highest BCUT2D eigenvalue weighted by molar-refractivity contribution is 5.32. The zero-order chi connectivity index (χ0) is 16.4. The summed E-state index contributed by atoms with van der Waals surface area (Å²) in [6.45, 7) is 3.81. The standard InChI is InChI=1S/C17H19N7/c1-13-19-7-9-24(13)16-11-18-10-15(22-16)14-4-2-8-23(12-14)17-20-5-3-6-21-17/h3,5-7,9-11,14H,2,4,8,12H2,1H3/t14-/m0/s1. The third-order valence-electron chi connectivity index (χ3n) is 4.39. The molecule has 4 rings (SSSR count). The topological polar surface area (TPSA) is 72.6 Å². The highest BCUT2D eigenvalue weighted by Crippen LogP contribution is 2.27. The molecule has 1 aliphatic heterocycles. The molecule has 4 heterocycles. The summed E-state index contributed by atoms with van der Waals surface area (Å²) < 4.78 is 1.96. The molecule has 24 heavy (non-hydrogen) atoms. The first-order chi connectivity index (χ1) is 11.8. The average molecular weight is 321 g/mol. The van der Waals surface area contributed by atoms with Crippen molar-refractivity contribution in [2.75, 3.05) is 18.0 Å². The molecule has 1 aliphatic rings. The summed E-state index contributed by atoms with van der Waals surface area (Å²) in [5.41, 5.74) is 1.02. The molecular weight excluding hydrogens is 302 g/mol. The number of aromatic nitrogens is 6. The Hall–Kier alpha value is -2.83. The van der Waals surface area contributed by atoms with Gasteiger partial charge in [-0.1, -0.05) is 0 Å². The molecule has 7 heteroatoms. The van der Waals surface area contributed by atoms with Gasteiger partial charge in [-0.2, -0.15) is 0 Å². The van der Waals surface area contributed by atoms with E-state index in [-0.39, 0.29) is 0 Å². The summed E-state index contributed by atoms with van der Waals surface area (Å²) in [5, 5.41) is 0. The molecule has 7 nitrogen and oxygen atoms in total. The molecule has 3 aromatic rings. The Balaban J connectivity index is 1.58. The summed E-state index contributed by atoms with van der Waals surface area (Å²) in [4.78, 5) is 24.4. The highest BCUT2D eigenvalue weighted by Gasteiger charge is 2.24. The molecule has 0 unspecified atom stereocenters. The number of anilines is 1. The summed E-state index contributed by atoms with van der Waals surface area (Å²) in [6.07, 6.45) is 13.1. The molecular formula is C17H19N7. The van der Waals surface area contributed by atoms with E-state index in [1.54, 1.807) is 24.8 Å². The van der Waals surface area contributed by atoms with Crippen LogP contribution in [0.5, 0.6) is 0 Å². The Kier molecular flexibility index (Phi) is 3.90. The molecule has 122 valence electrons. The van der Waals surface area contributed by atoms with Crippen LogP contribution in [0.2, 0.25) is 0 Å². The predicted octanol–water partition coefficient (Wildman–Crippen LogP) is 2.14. The van der Waals surface area contributed by atoms with Crippen molar-refractivity contribution in [3.8, 4) is 5.82 Å². The molecule has 0 radical (unpaired) electrons. The molecule has 0 amide bonds. The fourth-order valence-corrected chi connectivity index (χ4v) is 3.16. The normalized spacial score (nSPS) is 17.9. The van der Waals surface area contributed by atoms with Crippen molar-refractivity contribution in [2.24, 2.45) is 0 Å². The van der Waals surface area contributed by atoms with Gasteiger partial charge in [0, 0.05) is 50.0 Å². The Labute approximate surface area is 140 Å². The molecule has 3 aromatic heterocycles. The summed E-state index contributed by atoms with van der Waals surface area (Å²) in [7, 11) is 0. The Morgan fingerprint density at radius 2 is 1.96 bits per heavy atom. The van der Waals surface area contributed by atoms with E-state index in [0.717, 1.165) is 49.2 Å². The van der Waals surface area contributed by atoms with Gasteiger partial charge in [0.2, 0.25) is 5.95 Å². The number of hydrogen-bond acceptors (Lipinski definition) is 6. The van der Waals surface area contributed by atoms with Crippen molar-refractivity contribution in [2.45, 2.75) is 25.7 Å². The lowest BCUT2D eigenvalue weighted by atomic mass is 9.95. The number of rotatable bonds is 3. The van der Waals surface area contributed by atoms with Crippen LogP contribution in [0.15, 0.2) is 43.2 Å². The minimum Gasteiger partial charge on any atom is -0.340 e. The zero-order valence-electron chi connectivity index (χ0n) is 13.6. The number of imidazole rings is 1. The van der Waals surface area contributed by atoms with Crippen LogP contribution >= 0.6 is 0 Å². The lowest BCUT2D eigenvalue weighted by Crippen LogP contribution is -2.35. The Bertz CT molecular complexity index is 815. The summed E-state index contributed by atoms with van der Waals surface area (Å²) in [6, 6.07) is 1.84. The lowest BCUT2D eigenvalue weighted by Gasteiger charge is -2.32. The number of piperidine rings is 1. The number of aryl methyl sites for hydroxylation is 1. The van der Waals surface area contributed by atoms with Crippen LogP contribution in [0, 0.1) is 6.92 Å². The Morgan fingerprint density at radius 3 is 2.75 bits per heavy atom. The van der Waals surface area contributed by atoms with E-state index >= 15 is 0 Å². The van der Waals surface area contributed by atoms with Gasteiger partial charge < -0.3 is 4.90 Å². The van der Waals surface area contributed by atoms with Crippen molar-refractivity contribution >= 4 is 5.95 Å². The largest absolute Gasteiger partial charge is 0.340 e. The van der Waals surface area contributed by atoms with Crippen LogP contribution in [0.25, 0.3) is 5.82 Å². The smallest absolute Gasteiger partial charge is 0.225 e. The third-order valence-corrected chi connectivity index (χ3v) is 4.39. The molecule has 0 saturated carbocycles. The first kappa shape index (κ1) is 14.7. The maximum absolute atomic E-state index is 4.82. The second kappa shape index (κ2) is 6.35. The van der Waals surface area contributed by atoms with Gasteiger partial charge in [-0.25, -0.2) is 19.9 Å². The molecule has 0 N–H and O–H groups in total. The van der Waals surface area contributed by atoms with E-state index < -0.39 is 0 Å². The van der Waals surface area contributed by atoms with Crippen molar-refractivity contribution < 1.29 is 0 Å². The van der Waals surface area contributed by atoms with Gasteiger partial charge in [0.25, 0.3) is 0 Å². The van der Waals surface area contributed by atoms with Gasteiger partial charge in [-0.3, -0.25) is 9.55 Å². The lowest BCUT2D eigenvalue weighted by molar-refractivity contribution is 0.493. The molecule has 0 spiro atoms. The van der Waals surface area contributed by atoms with E-state index in [4.69, 9.17) is 4.98 Å². The van der Waals surface area contributed by atoms with Crippen LogP contribution in [0.1, 0.15) is 30.3 Å². The number of nitrogens with zero attached hydrogens (tertiary/aromatic N) is 7.